The number of hydrogen-bond donors (Lipinski definition) is 0. The van der Waals surface area contributed by atoms with Gasteiger partial charge >= 0.3 is 0 Å². The second kappa shape index (κ2) is 8.31. The van der Waals surface area contributed by atoms with E-state index in [1.807, 2.05) is 24.3 Å². The molecule has 0 saturated carbocycles. The van der Waals surface area contributed by atoms with E-state index in [9.17, 15) is 0 Å². The Morgan fingerprint density at radius 2 is 1.16 bits per heavy atom. The maximum absolute atomic E-state index is 6.09. The molecular formula is C24H28N2O5. The lowest BCUT2D eigenvalue weighted by Crippen LogP contribution is -2.46. The second-order valence-electron chi connectivity index (χ2n) is 8.63. The highest BCUT2D eigenvalue weighted by Gasteiger charge is 2.33. The van der Waals surface area contributed by atoms with E-state index in [1.54, 1.807) is 0 Å². The predicted molar refractivity (Wildman–Crippen MR) is 116 cm³/mol. The van der Waals surface area contributed by atoms with E-state index in [0.29, 0.717) is 18.3 Å². The van der Waals surface area contributed by atoms with Crippen molar-refractivity contribution in [2.24, 2.45) is 0 Å². The van der Waals surface area contributed by atoms with Crippen LogP contribution < -0.4 is 14.5 Å². The quantitative estimate of drug-likeness (QED) is 0.514. The molecule has 0 spiro atoms. The third-order valence-electron chi connectivity index (χ3n) is 6.08. The molecule has 0 radical (unpaired) electrons. The van der Waals surface area contributed by atoms with Gasteiger partial charge in [-0.25, -0.2) is 0 Å². The van der Waals surface area contributed by atoms with E-state index < -0.39 is 0 Å². The molecule has 31 heavy (non-hydrogen) atoms. The van der Waals surface area contributed by atoms with Gasteiger partial charge in [0.25, 0.3) is 0 Å². The summed E-state index contributed by atoms with van der Waals surface area (Å²) in [6, 6.07) is 16.5. The minimum absolute atomic E-state index is 0.161. The number of rotatable bonds is 11. The van der Waals surface area contributed by atoms with Gasteiger partial charge in [-0.2, -0.15) is 0 Å². The predicted octanol–water partition coefficient (Wildman–Crippen LogP) is 3.03. The van der Waals surface area contributed by atoms with E-state index in [1.165, 1.54) is 5.69 Å². The van der Waals surface area contributed by atoms with Gasteiger partial charge in [-0.1, -0.05) is 0 Å². The summed E-state index contributed by atoms with van der Waals surface area (Å²) in [5, 5.41) is 0. The van der Waals surface area contributed by atoms with Gasteiger partial charge in [0.15, 0.2) is 0 Å². The number of nitrogens with zero attached hydrogens (tertiary/aromatic N) is 2. The van der Waals surface area contributed by atoms with Gasteiger partial charge < -0.3 is 33.5 Å². The molecule has 4 saturated heterocycles. The Morgan fingerprint density at radius 1 is 0.677 bits per heavy atom. The molecule has 4 fully saturated rings. The average Bonchev–Trinajstić information content (AvgIpc) is 3.58. The number of benzene rings is 2. The molecule has 2 aromatic rings. The first-order valence-electron chi connectivity index (χ1n) is 11.2. The van der Waals surface area contributed by atoms with Crippen molar-refractivity contribution in [2.45, 2.75) is 31.0 Å². The minimum atomic E-state index is 0.161. The Kier molecular flexibility index (Phi) is 5.20. The molecule has 4 atom stereocenters. The van der Waals surface area contributed by atoms with Crippen LogP contribution in [0.5, 0.6) is 11.5 Å². The summed E-state index contributed by atoms with van der Waals surface area (Å²) < 4.78 is 28.0. The van der Waals surface area contributed by atoms with Crippen LogP contribution >= 0.6 is 0 Å². The first-order chi connectivity index (χ1) is 15.3. The highest BCUT2D eigenvalue weighted by atomic mass is 16.6. The van der Waals surface area contributed by atoms with Gasteiger partial charge in [0.05, 0.1) is 44.7 Å². The Bertz CT molecular complexity index is 860. The first kappa shape index (κ1) is 19.4. The van der Waals surface area contributed by atoms with Crippen LogP contribution in [0.25, 0.3) is 0 Å². The van der Waals surface area contributed by atoms with Crippen molar-refractivity contribution in [3.63, 3.8) is 0 Å². The smallest absolute Gasteiger partial charge is 0.132 e. The van der Waals surface area contributed by atoms with Crippen LogP contribution in [0.2, 0.25) is 0 Å². The summed E-state index contributed by atoms with van der Waals surface area (Å²) in [4.78, 5) is 4.64. The van der Waals surface area contributed by atoms with Gasteiger partial charge in [0.1, 0.15) is 17.7 Å². The molecule has 0 amide bonds. The zero-order chi connectivity index (χ0) is 20.6. The third-order valence-corrected chi connectivity index (χ3v) is 6.08. The molecule has 0 aromatic heterocycles. The number of hydrogen-bond acceptors (Lipinski definition) is 7. The topological polar surface area (TPSA) is 62.5 Å². The lowest BCUT2D eigenvalue weighted by atomic mass is 10.2. The molecule has 7 heteroatoms. The number of epoxide rings is 3. The minimum Gasteiger partial charge on any atom is -0.457 e. The van der Waals surface area contributed by atoms with Crippen LogP contribution in [0.15, 0.2) is 48.5 Å². The van der Waals surface area contributed by atoms with Gasteiger partial charge in [0.2, 0.25) is 0 Å². The van der Waals surface area contributed by atoms with Crippen molar-refractivity contribution in [3.05, 3.63) is 48.5 Å². The molecule has 0 bridgehead atoms. The fourth-order valence-corrected chi connectivity index (χ4v) is 3.94. The summed E-state index contributed by atoms with van der Waals surface area (Å²) in [6.45, 7) is 6.10. The number of ether oxygens (including phenoxy) is 5. The Morgan fingerprint density at radius 3 is 1.61 bits per heavy atom. The fraction of sp³-hybridized carbons (Fsp3) is 0.500. The van der Waals surface area contributed by atoms with Crippen molar-refractivity contribution in [1.82, 2.24) is 0 Å². The highest BCUT2D eigenvalue weighted by molar-refractivity contribution is 5.52. The van der Waals surface area contributed by atoms with Crippen molar-refractivity contribution in [3.8, 4) is 11.5 Å². The van der Waals surface area contributed by atoms with Crippen LogP contribution in [-0.4, -0.2) is 70.6 Å². The van der Waals surface area contributed by atoms with Crippen molar-refractivity contribution >= 4 is 11.4 Å². The maximum Gasteiger partial charge on any atom is 0.132 e. The summed E-state index contributed by atoms with van der Waals surface area (Å²) in [5.41, 5.74) is 2.32. The fourth-order valence-electron chi connectivity index (χ4n) is 3.94. The number of anilines is 2. The zero-order valence-corrected chi connectivity index (χ0v) is 17.5. The van der Waals surface area contributed by atoms with Crippen molar-refractivity contribution in [1.29, 1.82) is 0 Å². The molecule has 6 rings (SSSR count). The van der Waals surface area contributed by atoms with Crippen LogP contribution in [0.4, 0.5) is 11.4 Å². The second-order valence-corrected chi connectivity index (χ2v) is 8.63. The monoisotopic (exact) mass is 424 g/mol. The SMILES string of the molecule is c1cc(N(CC2CO2)CC2CO2)ccc1Oc1ccc(N(CC2CO2)C2CCO2)cc1. The van der Waals surface area contributed by atoms with Crippen LogP contribution in [-0.2, 0) is 18.9 Å². The standard InChI is InChI=1S/C24H28N2O5/c1-5-19(6-2-17(1)25(11-21-14-28-21)12-22-15-29-22)31-20-7-3-18(4-8-20)26(13-23-16-30-23)24-9-10-27-24/h1-8,21-24H,9-16H2. The molecule has 0 aliphatic carbocycles. The third kappa shape index (κ3) is 4.96. The summed E-state index contributed by atoms with van der Waals surface area (Å²) >= 11 is 0. The van der Waals surface area contributed by atoms with Crippen LogP contribution in [0.3, 0.4) is 0 Å². The summed E-state index contributed by atoms with van der Waals surface area (Å²) in [6.07, 6.45) is 2.26. The first-order valence-corrected chi connectivity index (χ1v) is 11.2. The normalized spacial score (nSPS) is 27.9. The highest BCUT2D eigenvalue weighted by Crippen LogP contribution is 2.31. The molecule has 7 nitrogen and oxygen atoms in total. The van der Waals surface area contributed by atoms with Crippen molar-refractivity contribution < 1.29 is 23.7 Å². The summed E-state index contributed by atoms with van der Waals surface area (Å²) in [7, 11) is 0. The molecular weight excluding hydrogens is 396 g/mol. The van der Waals surface area contributed by atoms with E-state index in [4.69, 9.17) is 23.7 Å². The van der Waals surface area contributed by atoms with E-state index >= 15 is 0 Å². The Hall–Kier alpha value is -2.32. The summed E-state index contributed by atoms with van der Waals surface area (Å²) in [5.74, 6) is 1.65. The van der Waals surface area contributed by atoms with E-state index in [-0.39, 0.29) is 6.23 Å². The van der Waals surface area contributed by atoms with Crippen molar-refractivity contribution in [2.75, 3.05) is 55.9 Å². The van der Waals surface area contributed by atoms with Crippen LogP contribution in [0.1, 0.15) is 6.42 Å². The largest absolute Gasteiger partial charge is 0.457 e. The van der Waals surface area contributed by atoms with Gasteiger partial charge in [0, 0.05) is 37.4 Å². The van der Waals surface area contributed by atoms with E-state index in [0.717, 1.165) is 69.7 Å². The molecule has 0 N–H and O–H groups in total. The molecule has 4 aliphatic heterocycles. The van der Waals surface area contributed by atoms with Gasteiger partial charge in [-0.15, -0.1) is 0 Å². The molecule has 2 aromatic carbocycles. The Balaban J connectivity index is 1.10. The lowest BCUT2D eigenvalue weighted by Gasteiger charge is -2.38. The molecule has 4 heterocycles. The van der Waals surface area contributed by atoms with Gasteiger partial charge in [-0.3, -0.25) is 0 Å². The lowest BCUT2D eigenvalue weighted by molar-refractivity contribution is -0.0516. The molecule has 4 aliphatic rings. The maximum atomic E-state index is 6.09. The van der Waals surface area contributed by atoms with Crippen LogP contribution in [0, 0.1) is 0 Å². The Labute approximate surface area is 182 Å². The van der Waals surface area contributed by atoms with E-state index in [2.05, 4.69) is 34.1 Å². The zero-order valence-electron chi connectivity index (χ0n) is 17.5. The van der Waals surface area contributed by atoms with Gasteiger partial charge in [-0.05, 0) is 48.5 Å². The average molecular weight is 424 g/mol. The molecule has 164 valence electrons. The molecule has 4 unspecified atom stereocenters.